The third kappa shape index (κ3) is 3.11. The van der Waals surface area contributed by atoms with E-state index in [1.807, 2.05) is 24.3 Å². The summed E-state index contributed by atoms with van der Waals surface area (Å²) in [7, 11) is 0. The maximum atomic E-state index is 5.70. The van der Waals surface area contributed by atoms with E-state index >= 15 is 0 Å². The normalized spacial score (nSPS) is 20.5. The second-order valence-corrected chi connectivity index (χ2v) is 4.09. The maximum Gasteiger partial charge on any atom is 0.119 e. The fourth-order valence-electron chi connectivity index (χ4n) is 1.60. The van der Waals surface area contributed by atoms with Crippen molar-refractivity contribution in [3.8, 4) is 5.75 Å². The average molecular weight is 227 g/mol. The number of ether oxygens (including phenoxy) is 2. The lowest BCUT2D eigenvalue weighted by Gasteiger charge is -2.10. The molecular formula is C12H15ClO2. The van der Waals surface area contributed by atoms with Crippen LogP contribution in [0, 0.1) is 5.92 Å². The molecule has 0 aromatic heterocycles. The molecule has 3 heteroatoms. The molecule has 0 amide bonds. The van der Waals surface area contributed by atoms with E-state index < -0.39 is 0 Å². The molecule has 1 heterocycles. The summed E-state index contributed by atoms with van der Waals surface area (Å²) in [6.07, 6.45) is 1.11. The van der Waals surface area contributed by atoms with Gasteiger partial charge >= 0.3 is 0 Å². The van der Waals surface area contributed by atoms with Gasteiger partial charge in [0, 0.05) is 18.4 Å². The van der Waals surface area contributed by atoms with E-state index in [2.05, 4.69) is 0 Å². The van der Waals surface area contributed by atoms with Gasteiger partial charge in [-0.2, -0.15) is 0 Å². The van der Waals surface area contributed by atoms with Crippen LogP contribution in [-0.2, 0) is 10.6 Å². The van der Waals surface area contributed by atoms with Crippen molar-refractivity contribution < 1.29 is 9.47 Å². The molecule has 1 atom stereocenters. The lowest BCUT2D eigenvalue weighted by atomic mass is 10.1. The van der Waals surface area contributed by atoms with Crippen molar-refractivity contribution in [2.75, 3.05) is 19.8 Å². The van der Waals surface area contributed by atoms with Crippen molar-refractivity contribution in [1.82, 2.24) is 0 Å². The number of hydrogen-bond acceptors (Lipinski definition) is 2. The Balaban J connectivity index is 1.82. The van der Waals surface area contributed by atoms with Gasteiger partial charge in [0.15, 0.2) is 0 Å². The zero-order valence-electron chi connectivity index (χ0n) is 8.62. The minimum Gasteiger partial charge on any atom is -0.493 e. The van der Waals surface area contributed by atoms with Crippen LogP contribution < -0.4 is 4.74 Å². The number of rotatable bonds is 4. The average Bonchev–Trinajstić information content (AvgIpc) is 2.80. The molecular weight excluding hydrogens is 212 g/mol. The molecule has 0 N–H and O–H groups in total. The summed E-state index contributed by atoms with van der Waals surface area (Å²) < 4.78 is 11.0. The highest BCUT2D eigenvalue weighted by molar-refractivity contribution is 6.17. The fourth-order valence-corrected chi connectivity index (χ4v) is 1.78. The second kappa shape index (κ2) is 5.38. The summed E-state index contributed by atoms with van der Waals surface area (Å²) in [5, 5.41) is 0. The van der Waals surface area contributed by atoms with Gasteiger partial charge in [-0.25, -0.2) is 0 Å². The summed E-state index contributed by atoms with van der Waals surface area (Å²) in [6, 6.07) is 7.92. The molecule has 0 saturated carbocycles. The summed E-state index contributed by atoms with van der Waals surface area (Å²) in [5.74, 6) is 2.02. The summed E-state index contributed by atoms with van der Waals surface area (Å²) in [4.78, 5) is 0. The van der Waals surface area contributed by atoms with E-state index in [0.717, 1.165) is 37.6 Å². The first-order valence-corrected chi connectivity index (χ1v) is 5.77. The van der Waals surface area contributed by atoms with Gasteiger partial charge in [0.2, 0.25) is 0 Å². The summed E-state index contributed by atoms with van der Waals surface area (Å²) >= 11 is 5.70. The first-order valence-electron chi connectivity index (χ1n) is 5.24. The molecule has 82 valence electrons. The molecule has 2 nitrogen and oxygen atoms in total. The molecule has 1 saturated heterocycles. The first kappa shape index (κ1) is 10.8. The predicted octanol–water partition coefficient (Wildman–Crippen LogP) is 2.84. The van der Waals surface area contributed by atoms with Gasteiger partial charge in [-0.3, -0.25) is 0 Å². The van der Waals surface area contributed by atoms with Crippen LogP contribution in [0.5, 0.6) is 5.75 Å². The number of halogens is 1. The van der Waals surface area contributed by atoms with E-state index in [0.29, 0.717) is 11.8 Å². The van der Waals surface area contributed by atoms with Crippen molar-refractivity contribution in [3.63, 3.8) is 0 Å². The molecule has 1 aliphatic rings. The Morgan fingerprint density at radius 2 is 2.13 bits per heavy atom. The quantitative estimate of drug-likeness (QED) is 0.735. The van der Waals surface area contributed by atoms with E-state index in [9.17, 15) is 0 Å². The van der Waals surface area contributed by atoms with Gasteiger partial charge in [0.1, 0.15) is 5.75 Å². The molecule has 1 fully saturated rings. The monoisotopic (exact) mass is 226 g/mol. The van der Waals surface area contributed by atoms with Crippen molar-refractivity contribution in [2.45, 2.75) is 12.3 Å². The van der Waals surface area contributed by atoms with Crippen molar-refractivity contribution in [2.24, 2.45) is 5.92 Å². The van der Waals surface area contributed by atoms with Gasteiger partial charge in [0.05, 0.1) is 13.2 Å². The van der Waals surface area contributed by atoms with Crippen LogP contribution in [0.4, 0.5) is 0 Å². The molecule has 0 aliphatic carbocycles. The van der Waals surface area contributed by atoms with Crippen LogP contribution >= 0.6 is 11.6 Å². The minimum absolute atomic E-state index is 0.552. The van der Waals surface area contributed by atoms with Gasteiger partial charge in [0.25, 0.3) is 0 Å². The zero-order valence-corrected chi connectivity index (χ0v) is 9.37. The Kier molecular flexibility index (Phi) is 3.87. The Bertz CT molecular complexity index is 291. The third-order valence-electron chi connectivity index (χ3n) is 2.59. The van der Waals surface area contributed by atoms with Crippen LogP contribution in [0.25, 0.3) is 0 Å². The first-order chi connectivity index (χ1) is 7.38. The fraction of sp³-hybridized carbons (Fsp3) is 0.500. The molecule has 2 rings (SSSR count). The molecule has 0 bridgehead atoms. The van der Waals surface area contributed by atoms with E-state index in [1.165, 1.54) is 0 Å². The molecule has 1 unspecified atom stereocenters. The Morgan fingerprint density at radius 3 is 2.73 bits per heavy atom. The molecule has 1 aromatic carbocycles. The lowest BCUT2D eigenvalue weighted by molar-refractivity contribution is 0.167. The molecule has 15 heavy (non-hydrogen) atoms. The van der Waals surface area contributed by atoms with E-state index in [-0.39, 0.29) is 0 Å². The van der Waals surface area contributed by atoms with Gasteiger partial charge in [-0.05, 0) is 24.1 Å². The van der Waals surface area contributed by atoms with Gasteiger partial charge in [-0.1, -0.05) is 12.1 Å². The van der Waals surface area contributed by atoms with Crippen molar-refractivity contribution in [3.05, 3.63) is 29.8 Å². The molecule has 1 aromatic rings. The molecule has 0 radical (unpaired) electrons. The molecule has 1 aliphatic heterocycles. The summed E-state index contributed by atoms with van der Waals surface area (Å²) in [5.41, 5.74) is 1.12. The Morgan fingerprint density at radius 1 is 1.33 bits per heavy atom. The van der Waals surface area contributed by atoms with Gasteiger partial charge in [-0.15, -0.1) is 11.6 Å². The van der Waals surface area contributed by atoms with Crippen LogP contribution in [0.15, 0.2) is 24.3 Å². The minimum atomic E-state index is 0.552. The van der Waals surface area contributed by atoms with Crippen LogP contribution in [0.1, 0.15) is 12.0 Å². The third-order valence-corrected chi connectivity index (χ3v) is 2.90. The highest BCUT2D eigenvalue weighted by Crippen LogP contribution is 2.17. The van der Waals surface area contributed by atoms with Crippen molar-refractivity contribution >= 4 is 11.6 Å². The van der Waals surface area contributed by atoms with E-state index in [4.69, 9.17) is 21.1 Å². The topological polar surface area (TPSA) is 18.5 Å². The van der Waals surface area contributed by atoms with Crippen LogP contribution in [0.3, 0.4) is 0 Å². The predicted molar refractivity (Wildman–Crippen MR) is 60.4 cm³/mol. The molecule has 0 spiro atoms. The second-order valence-electron chi connectivity index (χ2n) is 3.82. The standard InChI is InChI=1S/C12H15ClO2/c13-7-10-1-3-12(4-2-10)15-9-11-5-6-14-8-11/h1-4,11H,5-9H2. The van der Waals surface area contributed by atoms with Crippen LogP contribution in [-0.4, -0.2) is 19.8 Å². The van der Waals surface area contributed by atoms with Crippen LogP contribution in [0.2, 0.25) is 0 Å². The smallest absolute Gasteiger partial charge is 0.119 e. The van der Waals surface area contributed by atoms with Gasteiger partial charge < -0.3 is 9.47 Å². The van der Waals surface area contributed by atoms with E-state index in [1.54, 1.807) is 0 Å². The number of alkyl halides is 1. The Hall–Kier alpha value is -0.730. The van der Waals surface area contributed by atoms with Crippen molar-refractivity contribution in [1.29, 1.82) is 0 Å². The Labute approximate surface area is 95.1 Å². The SMILES string of the molecule is ClCc1ccc(OCC2CCOC2)cc1. The number of hydrogen-bond donors (Lipinski definition) is 0. The highest BCUT2D eigenvalue weighted by atomic mass is 35.5. The zero-order chi connectivity index (χ0) is 10.5. The lowest BCUT2D eigenvalue weighted by Crippen LogP contribution is -2.11. The maximum absolute atomic E-state index is 5.70. The number of benzene rings is 1. The summed E-state index contributed by atoms with van der Waals surface area (Å²) in [6.45, 7) is 2.46. The largest absolute Gasteiger partial charge is 0.493 e. The highest BCUT2D eigenvalue weighted by Gasteiger charge is 2.15.